The second kappa shape index (κ2) is 10.2. The van der Waals surface area contributed by atoms with Crippen molar-refractivity contribution in [1.29, 1.82) is 5.26 Å². The number of carbonyl (C=O) groups excluding carboxylic acids is 2. The van der Waals surface area contributed by atoms with E-state index in [-0.39, 0.29) is 17.2 Å². The third-order valence-corrected chi connectivity index (χ3v) is 6.66. The van der Waals surface area contributed by atoms with Crippen molar-refractivity contribution >= 4 is 29.3 Å². The van der Waals surface area contributed by atoms with Gasteiger partial charge in [-0.3, -0.25) is 9.59 Å². The van der Waals surface area contributed by atoms with E-state index in [1.54, 1.807) is 36.0 Å². The van der Waals surface area contributed by atoms with E-state index in [9.17, 15) is 9.59 Å². The monoisotopic (exact) mass is 441 g/mol. The van der Waals surface area contributed by atoms with Crippen molar-refractivity contribution in [2.45, 2.75) is 18.2 Å². The largest absolute Gasteiger partial charge is 0.326 e. The van der Waals surface area contributed by atoms with E-state index in [1.807, 2.05) is 47.4 Å². The molecule has 1 fully saturated rings. The van der Waals surface area contributed by atoms with E-state index in [1.165, 1.54) is 5.56 Å². The van der Waals surface area contributed by atoms with Gasteiger partial charge in [0.1, 0.15) is 5.37 Å². The van der Waals surface area contributed by atoms with Crippen LogP contribution in [-0.2, 0) is 17.6 Å². The first-order valence-corrected chi connectivity index (χ1v) is 11.5. The molecule has 0 aliphatic carbocycles. The summed E-state index contributed by atoms with van der Waals surface area (Å²) in [5.74, 6) is 0.432. The predicted molar refractivity (Wildman–Crippen MR) is 127 cm³/mol. The first-order valence-electron chi connectivity index (χ1n) is 10.5. The summed E-state index contributed by atoms with van der Waals surface area (Å²) < 4.78 is 0. The van der Waals surface area contributed by atoms with Gasteiger partial charge in [-0.05, 0) is 47.4 Å². The first kappa shape index (κ1) is 21.7. The van der Waals surface area contributed by atoms with E-state index < -0.39 is 0 Å². The van der Waals surface area contributed by atoms with E-state index in [4.69, 9.17) is 5.26 Å². The summed E-state index contributed by atoms with van der Waals surface area (Å²) >= 11 is 1.62. The zero-order valence-corrected chi connectivity index (χ0v) is 18.3. The van der Waals surface area contributed by atoms with Gasteiger partial charge in [0.05, 0.1) is 18.2 Å². The molecule has 3 aromatic carbocycles. The van der Waals surface area contributed by atoms with E-state index in [0.717, 1.165) is 17.5 Å². The Morgan fingerprint density at radius 1 is 1.00 bits per heavy atom. The van der Waals surface area contributed by atoms with Crippen molar-refractivity contribution in [3.8, 4) is 6.07 Å². The number of nitrogens with one attached hydrogen (secondary N) is 1. The van der Waals surface area contributed by atoms with Crippen molar-refractivity contribution in [3.63, 3.8) is 0 Å². The van der Waals surface area contributed by atoms with Gasteiger partial charge in [-0.25, -0.2) is 0 Å². The Kier molecular flexibility index (Phi) is 6.88. The van der Waals surface area contributed by atoms with Crippen molar-refractivity contribution in [3.05, 3.63) is 101 Å². The van der Waals surface area contributed by atoms with Crippen LogP contribution in [0.2, 0.25) is 0 Å². The minimum atomic E-state index is -0.194. The van der Waals surface area contributed by atoms with Gasteiger partial charge in [-0.2, -0.15) is 5.26 Å². The molecule has 1 heterocycles. The maximum Gasteiger partial charge on any atom is 0.255 e. The van der Waals surface area contributed by atoms with E-state index >= 15 is 0 Å². The van der Waals surface area contributed by atoms with Gasteiger partial charge in [0.25, 0.3) is 5.91 Å². The van der Waals surface area contributed by atoms with Crippen LogP contribution in [0.15, 0.2) is 78.9 Å². The Labute approximate surface area is 192 Å². The van der Waals surface area contributed by atoms with Gasteiger partial charge in [0.2, 0.25) is 5.91 Å². The maximum atomic E-state index is 12.6. The summed E-state index contributed by atoms with van der Waals surface area (Å²) in [7, 11) is 0. The fourth-order valence-electron chi connectivity index (χ4n) is 3.67. The number of nitrogens with zero attached hydrogens (tertiary/aromatic N) is 2. The van der Waals surface area contributed by atoms with Crippen LogP contribution < -0.4 is 5.32 Å². The average molecular weight is 442 g/mol. The third-order valence-electron chi connectivity index (χ3n) is 5.41. The number of anilines is 1. The number of nitriles is 1. The van der Waals surface area contributed by atoms with Crippen molar-refractivity contribution in [2.75, 3.05) is 17.6 Å². The lowest BCUT2D eigenvalue weighted by Crippen LogP contribution is -2.30. The third kappa shape index (κ3) is 5.19. The molecule has 0 unspecified atom stereocenters. The summed E-state index contributed by atoms with van der Waals surface area (Å²) in [6.45, 7) is 0.671. The normalized spacial score (nSPS) is 15.4. The Balaban J connectivity index is 1.40. The molecule has 0 bridgehead atoms. The topological polar surface area (TPSA) is 73.2 Å². The number of hydrogen-bond acceptors (Lipinski definition) is 4. The summed E-state index contributed by atoms with van der Waals surface area (Å²) in [5, 5.41) is 11.6. The minimum Gasteiger partial charge on any atom is -0.326 e. The van der Waals surface area contributed by atoms with Gasteiger partial charge in [-0.15, -0.1) is 11.8 Å². The molecule has 1 aliphatic heterocycles. The Morgan fingerprint density at radius 2 is 1.72 bits per heavy atom. The first-order chi connectivity index (χ1) is 15.6. The quantitative estimate of drug-likeness (QED) is 0.570. The number of hydrogen-bond donors (Lipinski definition) is 1. The second-order valence-electron chi connectivity index (χ2n) is 7.59. The molecular weight excluding hydrogens is 418 g/mol. The summed E-state index contributed by atoms with van der Waals surface area (Å²) in [5.41, 5.74) is 4.38. The number of thioether (sulfide) groups is 1. The Morgan fingerprint density at radius 3 is 2.41 bits per heavy atom. The molecular formula is C26H23N3O2S. The molecule has 1 N–H and O–H groups in total. The fraction of sp³-hybridized carbons (Fsp3) is 0.192. The lowest BCUT2D eigenvalue weighted by molar-refractivity contribution is -0.128. The molecule has 160 valence electrons. The molecule has 32 heavy (non-hydrogen) atoms. The highest BCUT2D eigenvalue weighted by atomic mass is 32.2. The molecule has 1 atom stereocenters. The average Bonchev–Trinajstić information content (AvgIpc) is 3.20. The van der Waals surface area contributed by atoms with E-state index in [0.29, 0.717) is 30.0 Å². The van der Waals surface area contributed by atoms with E-state index in [2.05, 4.69) is 23.5 Å². The van der Waals surface area contributed by atoms with Crippen LogP contribution in [0.3, 0.4) is 0 Å². The molecule has 5 nitrogen and oxygen atoms in total. The Bertz CT molecular complexity index is 1120. The molecule has 4 rings (SSSR count). The Hall–Kier alpha value is -3.56. The standard InChI is InChI=1S/C26H23N3O2S/c27-16-14-20-6-12-23(13-7-20)28-25(31)21-8-10-22(11-9-21)26-29(24(30)18-32-26)17-15-19-4-2-1-3-5-19/h1-13,26H,14-15,17-18H2,(H,28,31)/t26-/m0/s1. The van der Waals surface area contributed by atoms with Gasteiger partial charge < -0.3 is 10.2 Å². The highest BCUT2D eigenvalue weighted by Crippen LogP contribution is 2.38. The van der Waals surface area contributed by atoms with Crippen LogP contribution in [0, 0.1) is 11.3 Å². The van der Waals surface area contributed by atoms with Crippen LogP contribution in [-0.4, -0.2) is 29.0 Å². The number of amides is 2. The minimum absolute atomic E-state index is 0.0315. The molecule has 1 aliphatic rings. The molecule has 0 aromatic heterocycles. The summed E-state index contributed by atoms with van der Waals surface area (Å²) in [6, 6.07) is 27.0. The summed E-state index contributed by atoms with van der Waals surface area (Å²) in [6.07, 6.45) is 1.16. The number of carbonyl (C=O) groups is 2. The molecule has 1 saturated heterocycles. The molecule has 3 aromatic rings. The highest BCUT2D eigenvalue weighted by Gasteiger charge is 2.32. The number of benzene rings is 3. The molecule has 6 heteroatoms. The lowest BCUT2D eigenvalue weighted by atomic mass is 10.1. The molecule has 2 amide bonds. The van der Waals surface area contributed by atoms with Gasteiger partial charge in [0.15, 0.2) is 0 Å². The van der Waals surface area contributed by atoms with Crippen molar-refractivity contribution < 1.29 is 9.59 Å². The summed E-state index contributed by atoms with van der Waals surface area (Å²) in [4.78, 5) is 27.0. The van der Waals surface area contributed by atoms with Gasteiger partial charge in [0, 0.05) is 17.8 Å². The molecule has 0 saturated carbocycles. The second-order valence-corrected chi connectivity index (χ2v) is 8.66. The molecule has 0 radical (unpaired) electrons. The molecule has 0 spiro atoms. The highest BCUT2D eigenvalue weighted by molar-refractivity contribution is 8.00. The lowest BCUT2D eigenvalue weighted by Gasteiger charge is -2.24. The number of rotatable bonds is 7. The maximum absolute atomic E-state index is 12.6. The van der Waals surface area contributed by atoms with Crippen LogP contribution in [0.4, 0.5) is 5.69 Å². The van der Waals surface area contributed by atoms with Crippen LogP contribution >= 0.6 is 11.8 Å². The zero-order valence-electron chi connectivity index (χ0n) is 17.5. The van der Waals surface area contributed by atoms with Crippen molar-refractivity contribution in [1.82, 2.24) is 4.90 Å². The van der Waals surface area contributed by atoms with Crippen molar-refractivity contribution in [2.24, 2.45) is 0 Å². The van der Waals surface area contributed by atoms with Gasteiger partial charge in [-0.1, -0.05) is 54.6 Å². The smallest absolute Gasteiger partial charge is 0.255 e. The predicted octanol–water partition coefficient (Wildman–Crippen LogP) is 4.82. The zero-order chi connectivity index (χ0) is 22.3. The van der Waals surface area contributed by atoms with Crippen LogP contribution in [0.1, 0.15) is 32.4 Å². The van der Waals surface area contributed by atoms with Gasteiger partial charge >= 0.3 is 0 Å². The van der Waals surface area contributed by atoms with Crippen LogP contribution in [0.5, 0.6) is 0 Å². The van der Waals surface area contributed by atoms with Crippen LogP contribution in [0.25, 0.3) is 0 Å². The fourth-order valence-corrected chi connectivity index (χ4v) is 4.88. The SMILES string of the molecule is N#CCc1ccc(NC(=O)c2ccc([C@@H]3SCC(=O)N3CCc3ccccc3)cc2)cc1.